The zero-order chi connectivity index (χ0) is 18.6. The Hall–Kier alpha value is -2.10. The summed E-state index contributed by atoms with van der Waals surface area (Å²) in [6.07, 6.45) is 11.7. The van der Waals surface area contributed by atoms with Crippen molar-refractivity contribution in [2.75, 3.05) is 0 Å². The summed E-state index contributed by atoms with van der Waals surface area (Å²) in [5, 5.41) is 28.7. The van der Waals surface area contributed by atoms with E-state index in [0.717, 1.165) is 51.4 Å². The van der Waals surface area contributed by atoms with Crippen LogP contribution >= 0.6 is 0 Å². The van der Waals surface area contributed by atoms with E-state index >= 15 is 0 Å². The first kappa shape index (κ1) is 20.2. The van der Waals surface area contributed by atoms with E-state index in [1.807, 2.05) is 0 Å². The summed E-state index contributed by atoms with van der Waals surface area (Å²) in [6, 6.07) is 4.62. The molecule has 1 saturated carbocycles. The molecule has 0 spiro atoms. The fourth-order valence-corrected chi connectivity index (χ4v) is 3.29. The van der Waals surface area contributed by atoms with E-state index < -0.39 is 6.10 Å². The SMILES string of the molecule is Oc1ccc(C#CCCCCCCC#CC(O)C2CCCCC2)cc1O. The Morgan fingerprint density at radius 3 is 2.27 bits per heavy atom. The molecule has 1 aromatic carbocycles. The summed E-state index contributed by atoms with van der Waals surface area (Å²) in [5.41, 5.74) is 0.715. The first-order valence-corrected chi connectivity index (χ1v) is 9.84. The van der Waals surface area contributed by atoms with Crippen molar-refractivity contribution in [1.82, 2.24) is 0 Å². The number of phenols is 2. The van der Waals surface area contributed by atoms with Gasteiger partial charge in [-0.15, -0.1) is 5.92 Å². The maximum absolute atomic E-state index is 10.1. The van der Waals surface area contributed by atoms with Crippen molar-refractivity contribution in [1.29, 1.82) is 0 Å². The normalized spacial score (nSPS) is 15.4. The lowest BCUT2D eigenvalue weighted by molar-refractivity contribution is 0.133. The zero-order valence-electron chi connectivity index (χ0n) is 15.5. The molecule has 0 saturated heterocycles. The molecule has 2 rings (SSSR count). The Morgan fingerprint density at radius 2 is 1.58 bits per heavy atom. The summed E-state index contributed by atoms with van der Waals surface area (Å²) in [5.74, 6) is 12.4. The van der Waals surface area contributed by atoms with E-state index in [1.165, 1.54) is 31.4 Å². The van der Waals surface area contributed by atoms with Gasteiger partial charge < -0.3 is 15.3 Å². The summed E-state index contributed by atoms with van der Waals surface area (Å²) in [7, 11) is 0. The lowest BCUT2D eigenvalue weighted by Crippen LogP contribution is -2.21. The molecule has 1 aliphatic carbocycles. The molecule has 26 heavy (non-hydrogen) atoms. The lowest BCUT2D eigenvalue weighted by Gasteiger charge is -2.23. The number of aromatic hydroxyl groups is 2. The molecule has 1 unspecified atom stereocenters. The van der Waals surface area contributed by atoms with E-state index in [1.54, 1.807) is 6.07 Å². The van der Waals surface area contributed by atoms with Gasteiger partial charge in [-0.05, 0) is 49.8 Å². The summed E-state index contributed by atoms with van der Waals surface area (Å²) in [4.78, 5) is 0. The molecular formula is C23H30O3. The highest BCUT2D eigenvalue weighted by Crippen LogP contribution is 2.26. The van der Waals surface area contributed by atoms with Gasteiger partial charge in [-0.25, -0.2) is 0 Å². The highest BCUT2D eigenvalue weighted by atomic mass is 16.3. The monoisotopic (exact) mass is 354 g/mol. The third-order valence-electron chi connectivity index (χ3n) is 4.91. The van der Waals surface area contributed by atoms with Gasteiger partial charge in [0.05, 0.1) is 0 Å². The van der Waals surface area contributed by atoms with Crippen LogP contribution in [0.15, 0.2) is 18.2 Å². The van der Waals surface area contributed by atoms with Crippen molar-refractivity contribution in [3.05, 3.63) is 23.8 Å². The van der Waals surface area contributed by atoms with E-state index in [4.69, 9.17) is 0 Å². The zero-order valence-corrected chi connectivity index (χ0v) is 15.5. The van der Waals surface area contributed by atoms with Crippen LogP contribution in [0.5, 0.6) is 11.5 Å². The van der Waals surface area contributed by atoms with Crippen molar-refractivity contribution in [3.63, 3.8) is 0 Å². The minimum Gasteiger partial charge on any atom is -0.504 e. The first-order chi connectivity index (χ1) is 12.7. The average Bonchev–Trinajstić information content (AvgIpc) is 2.66. The molecule has 0 aliphatic heterocycles. The van der Waals surface area contributed by atoms with E-state index in [2.05, 4.69) is 23.7 Å². The van der Waals surface area contributed by atoms with Gasteiger partial charge in [-0.1, -0.05) is 49.9 Å². The molecule has 3 nitrogen and oxygen atoms in total. The second kappa shape index (κ2) is 11.5. The number of phenolic OH excluding ortho intramolecular Hbond substituents is 2. The van der Waals surface area contributed by atoms with Crippen LogP contribution in [-0.4, -0.2) is 21.4 Å². The Kier molecular flexibility index (Phi) is 8.94. The standard InChI is InChI=1S/C23H30O3/c24-21(20-13-9-7-10-14-20)15-11-6-4-2-1-3-5-8-12-19-16-17-22(25)23(26)18-19/h16-18,20-21,24-26H,1-7,9-10,13-14H2. The third-order valence-corrected chi connectivity index (χ3v) is 4.91. The van der Waals surface area contributed by atoms with Gasteiger partial charge >= 0.3 is 0 Å². The van der Waals surface area contributed by atoms with Crippen molar-refractivity contribution in [2.45, 2.75) is 76.7 Å². The molecule has 0 amide bonds. The Bertz CT molecular complexity index is 666. The van der Waals surface area contributed by atoms with Crippen molar-refractivity contribution in [2.24, 2.45) is 5.92 Å². The van der Waals surface area contributed by atoms with Crippen LogP contribution in [0.3, 0.4) is 0 Å². The quantitative estimate of drug-likeness (QED) is 0.393. The molecule has 0 radical (unpaired) electrons. The highest BCUT2D eigenvalue weighted by molar-refractivity contribution is 5.46. The van der Waals surface area contributed by atoms with Crippen LogP contribution < -0.4 is 0 Å². The minimum absolute atomic E-state index is 0.120. The van der Waals surface area contributed by atoms with Gasteiger partial charge in [0.2, 0.25) is 0 Å². The van der Waals surface area contributed by atoms with Gasteiger partial charge in [-0.2, -0.15) is 0 Å². The number of aliphatic hydroxyl groups is 1. The van der Waals surface area contributed by atoms with Crippen LogP contribution in [0.2, 0.25) is 0 Å². The van der Waals surface area contributed by atoms with Gasteiger partial charge in [-0.3, -0.25) is 0 Å². The fourth-order valence-electron chi connectivity index (χ4n) is 3.29. The fraction of sp³-hybridized carbons (Fsp3) is 0.565. The molecule has 140 valence electrons. The topological polar surface area (TPSA) is 60.7 Å². The van der Waals surface area contributed by atoms with Crippen LogP contribution in [0.25, 0.3) is 0 Å². The molecule has 0 bridgehead atoms. The lowest BCUT2D eigenvalue weighted by atomic mass is 9.85. The van der Waals surface area contributed by atoms with Crippen LogP contribution in [0.4, 0.5) is 0 Å². The van der Waals surface area contributed by atoms with Crippen molar-refractivity contribution < 1.29 is 15.3 Å². The predicted molar refractivity (Wildman–Crippen MR) is 105 cm³/mol. The second-order valence-electron chi connectivity index (χ2n) is 7.08. The molecule has 1 aromatic rings. The Balaban J connectivity index is 1.53. The number of aliphatic hydroxyl groups excluding tert-OH is 1. The molecule has 1 fully saturated rings. The molecule has 1 aliphatic rings. The molecule has 3 heteroatoms. The van der Waals surface area contributed by atoms with E-state index in [9.17, 15) is 15.3 Å². The van der Waals surface area contributed by atoms with Gasteiger partial charge in [0.25, 0.3) is 0 Å². The average molecular weight is 354 g/mol. The second-order valence-corrected chi connectivity index (χ2v) is 7.08. The number of hydrogen-bond acceptors (Lipinski definition) is 3. The number of hydrogen-bond donors (Lipinski definition) is 3. The summed E-state index contributed by atoms with van der Waals surface area (Å²) >= 11 is 0. The van der Waals surface area contributed by atoms with Crippen molar-refractivity contribution in [3.8, 4) is 35.2 Å². The minimum atomic E-state index is -0.426. The smallest absolute Gasteiger partial charge is 0.158 e. The maximum Gasteiger partial charge on any atom is 0.158 e. The van der Waals surface area contributed by atoms with Crippen molar-refractivity contribution >= 4 is 0 Å². The summed E-state index contributed by atoms with van der Waals surface area (Å²) < 4.78 is 0. The van der Waals surface area contributed by atoms with Gasteiger partial charge in [0.1, 0.15) is 6.10 Å². The molecular weight excluding hydrogens is 324 g/mol. The van der Waals surface area contributed by atoms with Crippen LogP contribution in [-0.2, 0) is 0 Å². The van der Waals surface area contributed by atoms with Gasteiger partial charge in [0, 0.05) is 18.4 Å². The molecule has 1 atom stereocenters. The largest absolute Gasteiger partial charge is 0.504 e. The highest BCUT2D eigenvalue weighted by Gasteiger charge is 2.19. The molecule has 0 heterocycles. The number of rotatable bonds is 6. The number of unbranched alkanes of at least 4 members (excludes halogenated alkanes) is 5. The Labute approximate surface area is 157 Å². The first-order valence-electron chi connectivity index (χ1n) is 9.84. The van der Waals surface area contributed by atoms with E-state index in [-0.39, 0.29) is 11.5 Å². The Morgan fingerprint density at radius 1 is 0.885 bits per heavy atom. The van der Waals surface area contributed by atoms with E-state index in [0.29, 0.717) is 11.5 Å². The molecule has 3 N–H and O–H groups in total. The number of benzene rings is 1. The van der Waals surface area contributed by atoms with Crippen LogP contribution in [0.1, 0.15) is 76.2 Å². The van der Waals surface area contributed by atoms with Crippen LogP contribution in [0, 0.1) is 29.6 Å². The maximum atomic E-state index is 10.1. The summed E-state index contributed by atoms with van der Waals surface area (Å²) in [6.45, 7) is 0. The van der Waals surface area contributed by atoms with Gasteiger partial charge in [0.15, 0.2) is 11.5 Å². The predicted octanol–water partition coefficient (Wildman–Crippen LogP) is 4.73. The molecule has 0 aromatic heterocycles. The third kappa shape index (κ3) is 7.42.